The molecule has 9 heteroatoms. The molecule has 1 fully saturated rings. The summed E-state index contributed by atoms with van der Waals surface area (Å²) in [4.78, 5) is 42.8. The number of hydrogen-bond donors (Lipinski definition) is 3. The lowest BCUT2D eigenvalue weighted by Crippen LogP contribution is -2.22. The van der Waals surface area contributed by atoms with E-state index in [0.717, 1.165) is 46.6 Å². The molecule has 35 heavy (non-hydrogen) atoms. The van der Waals surface area contributed by atoms with Gasteiger partial charge in [-0.1, -0.05) is 36.6 Å². The van der Waals surface area contributed by atoms with Crippen LogP contribution >= 0.6 is 23.1 Å². The van der Waals surface area contributed by atoms with Crippen LogP contribution in [0.3, 0.4) is 0 Å². The summed E-state index contributed by atoms with van der Waals surface area (Å²) in [5.41, 5.74) is 2.83. The molecule has 0 radical (unpaired) electrons. The van der Waals surface area contributed by atoms with Crippen LogP contribution in [0, 0.1) is 12.8 Å². The molecule has 0 unspecified atom stereocenters. The predicted octanol–water partition coefficient (Wildman–Crippen LogP) is 6.39. The van der Waals surface area contributed by atoms with Crippen LogP contribution in [-0.2, 0) is 17.0 Å². The molecule has 2 aromatic carbocycles. The molecular formula is C26H27N3O4S2. The normalized spacial score (nSPS) is 13.5. The van der Waals surface area contributed by atoms with Gasteiger partial charge >= 0.3 is 12.0 Å². The Bertz CT molecular complexity index is 1220. The van der Waals surface area contributed by atoms with Crippen LogP contribution in [0.2, 0.25) is 0 Å². The van der Waals surface area contributed by atoms with Crippen LogP contribution in [0.5, 0.6) is 0 Å². The summed E-state index contributed by atoms with van der Waals surface area (Å²) in [5.74, 6) is -0.0333. The van der Waals surface area contributed by atoms with E-state index in [2.05, 4.69) is 15.6 Å². The first kappa shape index (κ1) is 24.9. The third-order valence-electron chi connectivity index (χ3n) is 5.85. The molecule has 1 heterocycles. The van der Waals surface area contributed by atoms with Gasteiger partial charge in [-0.3, -0.25) is 14.9 Å². The van der Waals surface area contributed by atoms with Gasteiger partial charge in [0.2, 0.25) is 0 Å². The molecule has 0 atom stereocenters. The summed E-state index contributed by atoms with van der Waals surface area (Å²) in [5, 5.41) is 14.9. The number of thiazole rings is 1. The van der Waals surface area contributed by atoms with Crippen molar-refractivity contribution < 1.29 is 19.5 Å². The number of aryl methyl sites for hydroxylation is 1. The Morgan fingerprint density at radius 3 is 2.54 bits per heavy atom. The Labute approximate surface area is 212 Å². The number of benzene rings is 2. The van der Waals surface area contributed by atoms with Gasteiger partial charge in [-0.25, -0.2) is 9.78 Å². The second kappa shape index (κ2) is 11.5. The molecular weight excluding hydrogens is 482 g/mol. The SMILES string of the molecule is Cc1ccc(NC(=O)Nc2ncc(CSc3ccc(CC(=O)O)cc3)s2)c(C(=O)C2CCCC2)c1. The summed E-state index contributed by atoms with van der Waals surface area (Å²) < 4.78 is 0. The standard InChI is InChI=1S/C26H27N3O4S2/c1-16-6-11-22(21(12-16)24(32)18-4-2-3-5-18)28-25(33)29-26-27-14-20(35-26)15-34-19-9-7-17(8-10-19)13-23(30)31/h6-12,14,18H,2-5,13,15H2,1H3,(H,30,31)(H2,27,28,29,33). The molecule has 3 aromatic rings. The topological polar surface area (TPSA) is 108 Å². The molecule has 182 valence electrons. The number of aromatic nitrogens is 1. The van der Waals surface area contributed by atoms with Crippen molar-refractivity contribution in [1.29, 1.82) is 0 Å². The van der Waals surface area contributed by atoms with E-state index in [1.54, 1.807) is 24.0 Å². The second-order valence-electron chi connectivity index (χ2n) is 8.61. The molecule has 3 N–H and O–H groups in total. The molecule has 7 nitrogen and oxygen atoms in total. The number of nitrogens with one attached hydrogen (secondary N) is 2. The van der Waals surface area contributed by atoms with Crippen molar-refractivity contribution in [2.24, 2.45) is 5.92 Å². The second-order valence-corrected chi connectivity index (χ2v) is 10.8. The number of urea groups is 1. The number of thioether (sulfide) groups is 1. The number of carbonyl (C=O) groups is 3. The van der Waals surface area contributed by atoms with Crippen molar-refractivity contribution >= 4 is 51.7 Å². The van der Waals surface area contributed by atoms with Crippen molar-refractivity contribution in [3.05, 3.63) is 70.2 Å². The number of carboxylic acids is 1. The molecule has 4 rings (SSSR count). The number of aliphatic carboxylic acids is 1. The van der Waals surface area contributed by atoms with Crippen LogP contribution in [0.15, 0.2) is 53.6 Å². The summed E-state index contributed by atoms with van der Waals surface area (Å²) in [6.07, 6.45) is 5.70. The summed E-state index contributed by atoms with van der Waals surface area (Å²) in [6.45, 7) is 1.94. The van der Waals surface area contributed by atoms with Gasteiger partial charge in [0.15, 0.2) is 10.9 Å². The van der Waals surface area contributed by atoms with Gasteiger partial charge in [0.25, 0.3) is 0 Å². The molecule has 0 aliphatic heterocycles. The van der Waals surface area contributed by atoms with E-state index in [9.17, 15) is 14.4 Å². The fourth-order valence-corrected chi connectivity index (χ4v) is 5.82. The van der Waals surface area contributed by atoms with Crippen LogP contribution in [0.1, 0.15) is 52.0 Å². The number of carboxylic acid groups (broad SMARTS) is 1. The van der Waals surface area contributed by atoms with Crippen molar-refractivity contribution in [2.75, 3.05) is 10.6 Å². The number of anilines is 2. The molecule has 1 aromatic heterocycles. The van der Waals surface area contributed by atoms with Crippen molar-refractivity contribution in [3.63, 3.8) is 0 Å². The van der Waals surface area contributed by atoms with Crippen molar-refractivity contribution in [1.82, 2.24) is 4.98 Å². The molecule has 0 saturated heterocycles. The number of carbonyl (C=O) groups excluding carboxylic acids is 2. The Kier molecular flexibility index (Phi) is 8.20. The first-order valence-electron chi connectivity index (χ1n) is 11.5. The summed E-state index contributed by atoms with van der Waals surface area (Å²) >= 11 is 3.00. The van der Waals surface area contributed by atoms with Gasteiger partial charge in [-0.05, 0) is 49.6 Å². The lowest BCUT2D eigenvalue weighted by atomic mass is 9.94. The Hall–Kier alpha value is -3.17. The minimum absolute atomic E-state index is 0.00963. The minimum atomic E-state index is -0.849. The van der Waals surface area contributed by atoms with Crippen LogP contribution in [-0.4, -0.2) is 27.9 Å². The highest BCUT2D eigenvalue weighted by atomic mass is 32.2. The quantitative estimate of drug-likeness (QED) is 0.228. The highest BCUT2D eigenvalue weighted by molar-refractivity contribution is 7.98. The molecule has 1 saturated carbocycles. The van der Waals surface area contributed by atoms with Crippen molar-refractivity contribution in [3.8, 4) is 0 Å². The zero-order valence-electron chi connectivity index (χ0n) is 19.4. The van der Waals surface area contributed by atoms with E-state index < -0.39 is 12.0 Å². The maximum Gasteiger partial charge on any atom is 0.325 e. The Morgan fingerprint density at radius 2 is 1.83 bits per heavy atom. The third kappa shape index (κ3) is 6.93. The van der Waals surface area contributed by atoms with Crippen molar-refractivity contribution in [2.45, 2.75) is 49.7 Å². The fraction of sp³-hybridized carbons (Fsp3) is 0.308. The highest BCUT2D eigenvalue weighted by Crippen LogP contribution is 2.31. The van der Waals surface area contributed by atoms with Crippen LogP contribution in [0.25, 0.3) is 0 Å². The monoisotopic (exact) mass is 509 g/mol. The number of rotatable bonds is 9. The van der Waals surface area contributed by atoms with Gasteiger partial charge < -0.3 is 10.4 Å². The first-order chi connectivity index (χ1) is 16.9. The van der Waals surface area contributed by atoms with Gasteiger partial charge in [0, 0.05) is 33.2 Å². The maximum atomic E-state index is 13.0. The number of amides is 2. The van der Waals surface area contributed by atoms with Crippen LogP contribution in [0.4, 0.5) is 15.6 Å². The predicted molar refractivity (Wildman–Crippen MR) is 140 cm³/mol. The third-order valence-corrected chi connectivity index (χ3v) is 8.00. The molecule has 1 aliphatic carbocycles. The van der Waals surface area contributed by atoms with E-state index >= 15 is 0 Å². The summed E-state index contributed by atoms with van der Waals surface area (Å²) in [6, 6.07) is 12.5. The molecule has 2 amide bonds. The lowest BCUT2D eigenvalue weighted by molar-refractivity contribution is -0.136. The fourth-order valence-electron chi connectivity index (χ4n) is 4.09. The van der Waals surface area contributed by atoms with Crippen LogP contribution < -0.4 is 10.6 Å². The lowest BCUT2D eigenvalue weighted by Gasteiger charge is -2.14. The minimum Gasteiger partial charge on any atom is -0.481 e. The smallest absolute Gasteiger partial charge is 0.325 e. The number of nitrogens with zero attached hydrogens (tertiary/aromatic N) is 1. The zero-order chi connectivity index (χ0) is 24.8. The highest BCUT2D eigenvalue weighted by Gasteiger charge is 2.26. The molecule has 0 spiro atoms. The number of hydrogen-bond acceptors (Lipinski definition) is 6. The Morgan fingerprint density at radius 1 is 1.09 bits per heavy atom. The Balaban J connectivity index is 1.33. The average molecular weight is 510 g/mol. The number of ketones is 1. The van der Waals surface area contributed by atoms with Gasteiger partial charge in [-0.2, -0.15) is 0 Å². The average Bonchev–Trinajstić information content (AvgIpc) is 3.51. The van der Waals surface area contributed by atoms with Gasteiger partial charge in [-0.15, -0.1) is 23.1 Å². The maximum absolute atomic E-state index is 13.0. The van der Waals surface area contributed by atoms with E-state index in [4.69, 9.17) is 5.11 Å². The zero-order valence-corrected chi connectivity index (χ0v) is 21.0. The van der Waals surface area contributed by atoms with E-state index in [1.165, 1.54) is 11.3 Å². The van der Waals surface area contributed by atoms with Gasteiger partial charge in [0.05, 0.1) is 12.1 Å². The largest absolute Gasteiger partial charge is 0.481 e. The summed E-state index contributed by atoms with van der Waals surface area (Å²) in [7, 11) is 0. The first-order valence-corrected chi connectivity index (χ1v) is 13.3. The van der Waals surface area contributed by atoms with E-state index in [1.807, 2.05) is 43.3 Å². The van der Waals surface area contributed by atoms with Gasteiger partial charge in [0.1, 0.15) is 0 Å². The van der Waals surface area contributed by atoms with E-state index in [0.29, 0.717) is 22.1 Å². The number of Topliss-reactive ketones (excluding diaryl/α,β-unsaturated/α-hetero) is 1. The molecule has 1 aliphatic rings. The van der Waals surface area contributed by atoms with E-state index in [-0.39, 0.29) is 18.1 Å². The molecule has 0 bridgehead atoms.